The fourth-order valence-corrected chi connectivity index (χ4v) is 2.37. The minimum Gasteiger partial charge on any atom is -0.397 e. The Balaban J connectivity index is 0. The van der Waals surface area contributed by atoms with Crippen molar-refractivity contribution in [3.8, 4) is 0 Å². The van der Waals surface area contributed by atoms with Crippen molar-refractivity contribution in [1.29, 1.82) is 0 Å². The Kier molecular flexibility index (Phi) is 24.9. The first-order valence-corrected chi connectivity index (χ1v) is 9.73. The minimum absolute atomic E-state index is 0.164. The quantitative estimate of drug-likeness (QED) is 0.308. The summed E-state index contributed by atoms with van der Waals surface area (Å²) in [6.07, 6.45) is 21.9. The van der Waals surface area contributed by atoms with Crippen molar-refractivity contribution in [2.24, 2.45) is 5.73 Å². The fraction of sp³-hybridized carbons (Fsp3) is 0.850. The molecule has 3 heteroatoms. The Hall–Kier alpha value is -0.830. The van der Waals surface area contributed by atoms with Crippen LogP contribution in [0.4, 0.5) is 0 Å². The van der Waals surface area contributed by atoms with Crippen LogP contribution < -0.4 is 5.73 Å². The van der Waals surface area contributed by atoms with Crippen molar-refractivity contribution in [2.75, 3.05) is 6.61 Å². The summed E-state index contributed by atoms with van der Waals surface area (Å²) < 4.78 is 0. The molecule has 0 aliphatic heterocycles. The molecule has 0 rings (SSSR count). The average Bonchev–Trinajstić information content (AvgIpc) is 2.51. The lowest BCUT2D eigenvalue weighted by Gasteiger charge is -1.99. The second-order valence-corrected chi connectivity index (χ2v) is 6.12. The highest BCUT2D eigenvalue weighted by molar-refractivity contribution is 5.73. The Morgan fingerprint density at radius 1 is 0.783 bits per heavy atom. The third-order valence-electron chi connectivity index (χ3n) is 3.68. The minimum atomic E-state index is -0.164. The van der Waals surface area contributed by atoms with E-state index in [4.69, 9.17) is 10.8 Å². The van der Waals surface area contributed by atoms with Crippen LogP contribution in [0.5, 0.6) is 0 Å². The molecule has 0 atom stereocenters. The van der Waals surface area contributed by atoms with Crippen molar-refractivity contribution in [3.63, 3.8) is 0 Å². The van der Waals surface area contributed by atoms with Gasteiger partial charge in [-0.05, 0) is 39.0 Å². The maximum atomic E-state index is 10.5. The molecule has 0 radical (unpaired) electrons. The van der Waals surface area contributed by atoms with Crippen LogP contribution >= 0.6 is 0 Å². The number of rotatable bonds is 15. The summed E-state index contributed by atoms with van der Waals surface area (Å²) in [4.78, 5) is 10.5. The van der Waals surface area contributed by atoms with Gasteiger partial charge in [-0.1, -0.05) is 70.4 Å². The van der Waals surface area contributed by atoms with E-state index in [1.807, 2.05) is 0 Å². The lowest BCUT2D eigenvalue weighted by Crippen LogP contribution is -2.09. The molecule has 0 unspecified atom stereocenters. The van der Waals surface area contributed by atoms with E-state index in [-0.39, 0.29) is 12.5 Å². The van der Waals surface area contributed by atoms with E-state index in [2.05, 4.69) is 19.1 Å². The van der Waals surface area contributed by atoms with E-state index < -0.39 is 0 Å². The second kappa shape index (κ2) is 23.4. The molecule has 0 aliphatic rings. The number of amides is 1. The van der Waals surface area contributed by atoms with Crippen LogP contribution in [0, 0.1) is 0 Å². The van der Waals surface area contributed by atoms with Gasteiger partial charge in [-0.15, -0.1) is 0 Å². The number of unbranched alkanes of at least 4 members (excludes halogenated alkanes) is 11. The van der Waals surface area contributed by atoms with Gasteiger partial charge in [0.05, 0.1) is 0 Å². The van der Waals surface area contributed by atoms with Crippen molar-refractivity contribution >= 4 is 5.91 Å². The van der Waals surface area contributed by atoms with Crippen LogP contribution in [-0.4, -0.2) is 17.6 Å². The smallest absolute Gasteiger partial charge is 0.217 e. The van der Waals surface area contributed by atoms with Gasteiger partial charge in [0.1, 0.15) is 0 Å². The predicted molar refractivity (Wildman–Crippen MR) is 101 cm³/mol. The number of aliphatic hydroxyl groups excluding tert-OH is 1. The number of carbonyl (C=O) groups excluding carboxylic acids is 1. The van der Waals surface area contributed by atoms with Crippen LogP contribution in [-0.2, 0) is 4.79 Å². The zero-order valence-electron chi connectivity index (χ0n) is 15.7. The van der Waals surface area contributed by atoms with E-state index in [1.54, 1.807) is 6.92 Å². The summed E-state index contributed by atoms with van der Waals surface area (Å²) in [5, 5.41) is 7.57. The van der Waals surface area contributed by atoms with Crippen LogP contribution in [0.25, 0.3) is 0 Å². The molecule has 0 aromatic heterocycles. The SMILES string of the molecule is CCCCCCCCC=CCCCCCCCC(N)=O.CCO. The summed E-state index contributed by atoms with van der Waals surface area (Å²) in [7, 11) is 0. The number of aliphatic hydroxyl groups is 1. The molecule has 0 aromatic carbocycles. The van der Waals surface area contributed by atoms with Gasteiger partial charge in [0.2, 0.25) is 5.91 Å². The molecule has 0 aromatic rings. The molecule has 1 amide bonds. The first kappa shape index (κ1) is 24.4. The van der Waals surface area contributed by atoms with Gasteiger partial charge in [0, 0.05) is 13.0 Å². The van der Waals surface area contributed by atoms with Gasteiger partial charge in [0.25, 0.3) is 0 Å². The molecule has 0 spiro atoms. The molecule has 0 saturated carbocycles. The topological polar surface area (TPSA) is 63.3 Å². The first-order valence-electron chi connectivity index (χ1n) is 9.73. The lowest BCUT2D eigenvalue weighted by molar-refractivity contribution is -0.118. The van der Waals surface area contributed by atoms with Crippen molar-refractivity contribution in [2.45, 2.75) is 104 Å². The monoisotopic (exact) mass is 327 g/mol. The normalized spacial score (nSPS) is 10.6. The maximum absolute atomic E-state index is 10.5. The Labute approximate surface area is 144 Å². The molecule has 3 nitrogen and oxygen atoms in total. The predicted octanol–water partition coefficient (Wildman–Crippen LogP) is 5.51. The molecule has 138 valence electrons. The lowest BCUT2D eigenvalue weighted by atomic mass is 10.1. The maximum Gasteiger partial charge on any atom is 0.217 e. The number of hydrogen-bond donors (Lipinski definition) is 2. The summed E-state index contributed by atoms with van der Waals surface area (Å²) >= 11 is 0. The molecule has 0 aliphatic carbocycles. The molecule has 0 saturated heterocycles. The largest absolute Gasteiger partial charge is 0.397 e. The zero-order chi connectivity index (χ0) is 17.6. The van der Waals surface area contributed by atoms with Gasteiger partial charge in [-0.2, -0.15) is 0 Å². The molecule has 23 heavy (non-hydrogen) atoms. The van der Waals surface area contributed by atoms with E-state index in [9.17, 15) is 4.79 Å². The standard InChI is InChI=1S/C18H35NO.C2H6O/c1-2-3-4-5-6-7-8-9-10-11-12-13-14-15-16-17-18(19)20;1-2-3/h9-10H,2-8,11-17H2,1H3,(H2,19,20);3H,2H2,1H3. The van der Waals surface area contributed by atoms with Crippen molar-refractivity contribution in [1.82, 2.24) is 0 Å². The first-order chi connectivity index (χ1) is 11.2. The third kappa shape index (κ3) is 29.8. The molecular weight excluding hydrogens is 286 g/mol. The highest BCUT2D eigenvalue weighted by Gasteiger charge is 1.94. The number of hydrogen-bond acceptors (Lipinski definition) is 2. The molecule has 0 heterocycles. The zero-order valence-corrected chi connectivity index (χ0v) is 15.7. The van der Waals surface area contributed by atoms with Gasteiger partial charge >= 0.3 is 0 Å². The van der Waals surface area contributed by atoms with Crippen LogP contribution in [0.2, 0.25) is 0 Å². The molecule has 0 bridgehead atoms. The average molecular weight is 328 g/mol. The van der Waals surface area contributed by atoms with E-state index in [0.717, 1.165) is 12.8 Å². The van der Waals surface area contributed by atoms with Crippen LogP contribution in [0.1, 0.15) is 104 Å². The van der Waals surface area contributed by atoms with Gasteiger partial charge < -0.3 is 10.8 Å². The van der Waals surface area contributed by atoms with E-state index in [1.165, 1.54) is 70.6 Å². The highest BCUT2D eigenvalue weighted by Crippen LogP contribution is 2.09. The fourth-order valence-electron chi connectivity index (χ4n) is 2.37. The Morgan fingerprint density at radius 3 is 1.61 bits per heavy atom. The Bertz CT molecular complexity index is 252. The summed E-state index contributed by atoms with van der Waals surface area (Å²) in [6, 6.07) is 0. The summed E-state index contributed by atoms with van der Waals surface area (Å²) in [6.45, 7) is 4.19. The number of allylic oxidation sites excluding steroid dienone is 2. The number of carbonyl (C=O) groups is 1. The van der Waals surface area contributed by atoms with E-state index in [0.29, 0.717) is 6.42 Å². The van der Waals surface area contributed by atoms with Crippen LogP contribution in [0.3, 0.4) is 0 Å². The second-order valence-electron chi connectivity index (χ2n) is 6.12. The van der Waals surface area contributed by atoms with Gasteiger partial charge in [0.15, 0.2) is 0 Å². The highest BCUT2D eigenvalue weighted by atomic mass is 16.2. The molecular formula is C20H41NO2. The number of primary amides is 1. The van der Waals surface area contributed by atoms with Crippen molar-refractivity contribution < 1.29 is 9.90 Å². The molecule has 0 fully saturated rings. The Morgan fingerprint density at radius 2 is 1.17 bits per heavy atom. The summed E-state index contributed by atoms with van der Waals surface area (Å²) in [5.74, 6) is -0.164. The summed E-state index contributed by atoms with van der Waals surface area (Å²) in [5.41, 5.74) is 5.10. The third-order valence-corrected chi connectivity index (χ3v) is 3.68. The van der Waals surface area contributed by atoms with Crippen molar-refractivity contribution in [3.05, 3.63) is 12.2 Å². The van der Waals surface area contributed by atoms with Gasteiger partial charge in [-0.25, -0.2) is 0 Å². The number of nitrogens with two attached hydrogens (primary N) is 1. The molecule has 3 N–H and O–H groups in total. The van der Waals surface area contributed by atoms with E-state index >= 15 is 0 Å². The van der Waals surface area contributed by atoms with Gasteiger partial charge in [-0.3, -0.25) is 4.79 Å². The van der Waals surface area contributed by atoms with Crippen LogP contribution in [0.15, 0.2) is 12.2 Å².